The predicted octanol–water partition coefficient (Wildman–Crippen LogP) is 2.35. The molecular formula is C15H23NO2. The van der Waals surface area contributed by atoms with Gasteiger partial charge in [0.05, 0.1) is 18.3 Å². The Morgan fingerprint density at radius 1 is 1.33 bits per heavy atom. The smallest absolute Gasteiger partial charge is 0.0652 e. The van der Waals surface area contributed by atoms with Crippen molar-refractivity contribution in [3.63, 3.8) is 0 Å². The number of hydrogen-bond acceptors (Lipinski definition) is 3. The highest BCUT2D eigenvalue weighted by atomic mass is 16.5. The van der Waals surface area contributed by atoms with Crippen molar-refractivity contribution in [2.24, 2.45) is 11.8 Å². The molecule has 2 heterocycles. The van der Waals surface area contributed by atoms with Crippen LogP contribution in [-0.2, 0) is 11.2 Å². The Morgan fingerprint density at radius 3 is 2.61 bits per heavy atom. The molecule has 100 valence electrons. The van der Waals surface area contributed by atoms with Gasteiger partial charge < -0.3 is 9.84 Å². The molecule has 0 saturated carbocycles. The molecule has 1 N–H and O–H groups in total. The van der Waals surface area contributed by atoms with E-state index in [0.29, 0.717) is 12.3 Å². The first-order valence-electron chi connectivity index (χ1n) is 6.74. The number of nitrogens with zero attached hydrogens (tertiary/aromatic N) is 1. The average Bonchev–Trinajstić information content (AvgIpc) is 2.56. The lowest BCUT2D eigenvalue weighted by Crippen LogP contribution is -2.32. The van der Waals surface area contributed by atoms with E-state index in [0.717, 1.165) is 11.3 Å². The lowest BCUT2D eigenvalue weighted by molar-refractivity contribution is 0.0236. The van der Waals surface area contributed by atoms with E-state index in [-0.39, 0.29) is 24.2 Å². The first kappa shape index (κ1) is 13.5. The van der Waals surface area contributed by atoms with E-state index in [4.69, 9.17) is 4.74 Å². The van der Waals surface area contributed by atoms with E-state index in [1.807, 2.05) is 19.1 Å². The third kappa shape index (κ3) is 2.57. The topological polar surface area (TPSA) is 42.4 Å². The maximum absolute atomic E-state index is 10.5. The van der Waals surface area contributed by atoms with Crippen molar-refractivity contribution in [3.8, 4) is 0 Å². The summed E-state index contributed by atoms with van der Waals surface area (Å²) in [6, 6.07) is 3.97. The van der Waals surface area contributed by atoms with Crippen LogP contribution in [0.1, 0.15) is 32.0 Å². The van der Waals surface area contributed by atoms with Crippen molar-refractivity contribution < 1.29 is 9.84 Å². The van der Waals surface area contributed by atoms with Gasteiger partial charge in [-0.3, -0.25) is 4.98 Å². The van der Waals surface area contributed by atoms with Crippen molar-refractivity contribution >= 4 is 0 Å². The summed E-state index contributed by atoms with van der Waals surface area (Å²) in [5.74, 6) is 0.584. The predicted molar refractivity (Wildman–Crippen MR) is 71.3 cm³/mol. The monoisotopic (exact) mass is 249 g/mol. The number of rotatable bonds is 3. The van der Waals surface area contributed by atoms with Gasteiger partial charge in [0.15, 0.2) is 0 Å². The van der Waals surface area contributed by atoms with Crippen LogP contribution >= 0.6 is 0 Å². The van der Waals surface area contributed by atoms with Crippen LogP contribution in [0.2, 0.25) is 0 Å². The van der Waals surface area contributed by atoms with Crippen molar-refractivity contribution in [2.75, 3.05) is 0 Å². The Kier molecular flexibility index (Phi) is 4.03. The highest BCUT2D eigenvalue weighted by molar-refractivity contribution is 5.18. The van der Waals surface area contributed by atoms with Crippen LogP contribution in [-0.4, -0.2) is 28.4 Å². The Hall–Kier alpha value is -0.930. The molecule has 2 rings (SSSR count). The van der Waals surface area contributed by atoms with Crippen molar-refractivity contribution in [3.05, 3.63) is 29.6 Å². The number of aromatic nitrogens is 1. The fourth-order valence-electron chi connectivity index (χ4n) is 3.02. The molecule has 0 aromatic carbocycles. The van der Waals surface area contributed by atoms with Gasteiger partial charge in [-0.2, -0.15) is 0 Å². The van der Waals surface area contributed by atoms with Crippen LogP contribution in [0.5, 0.6) is 0 Å². The van der Waals surface area contributed by atoms with E-state index in [9.17, 15) is 5.11 Å². The van der Waals surface area contributed by atoms with Crippen molar-refractivity contribution in [2.45, 2.75) is 52.4 Å². The van der Waals surface area contributed by atoms with Gasteiger partial charge in [0, 0.05) is 24.2 Å². The first-order valence-corrected chi connectivity index (χ1v) is 6.74. The second-order valence-electron chi connectivity index (χ2n) is 5.52. The van der Waals surface area contributed by atoms with Gasteiger partial charge in [-0.05, 0) is 38.3 Å². The lowest BCUT2D eigenvalue weighted by Gasteiger charge is -2.24. The Labute approximate surface area is 109 Å². The summed E-state index contributed by atoms with van der Waals surface area (Å²) >= 11 is 0. The molecule has 0 aliphatic carbocycles. The standard InChI is InChI=1S/C15H23NO2/c1-9-6-5-7-16-13(9)8-14(17)15-10(2)11(3)18-12(15)4/h5-7,10-12,14-15,17H,8H2,1-4H3. The van der Waals surface area contributed by atoms with Crippen LogP contribution in [0.15, 0.2) is 18.3 Å². The number of ether oxygens (including phenoxy) is 1. The SMILES string of the molecule is Cc1cccnc1CC(O)C1C(C)OC(C)C1C. The lowest BCUT2D eigenvalue weighted by atomic mass is 9.83. The molecule has 3 nitrogen and oxygen atoms in total. The molecule has 0 bridgehead atoms. The van der Waals surface area contributed by atoms with Gasteiger partial charge in [0.1, 0.15) is 0 Å². The zero-order chi connectivity index (χ0) is 13.3. The summed E-state index contributed by atoms with van der Waals surface area (Å²) < 4.78 is 5.79. The summed E-state index contributed by atoms with van der Waals surface area (Å²) in [7, 11) is 0. The molecule has 0 amide bonds. The number of pyridine rings is 1. The zero-order valence-electron chi connectivity index (χ0n) is 11.6. The summed E-state index contributed by atoms with van der Waals surface area (Å²) in [6.45, 7) is 8.34. The highest BCUT2D eigenvalue weighted by Crippen LogP contribution is 2.35. The molecule has 1 aromatic rings. The quantitative estimate of drug-likeness (QED) is 0.894. The minimum atomic E-state index is -0.381. The molecule has 1 aromatic heterocycles. The number of aliphatic hydroxyl groups is 1. The summed E-state index contributed by atoms with van der Waals surface area (Å²) in [5.41, 5.74) is 2.13. The molecule has 1 aliphatic heterocycles. The van der Waals surface area contributed by atoms with Gasteiger partial charge in [-0.1, -0.05) is 13.0 Å². The average molecular weight is 249 g/mol. The second-order valence-corrected chi connectivity index (χ2v) is 5.52. The third-order valence-corrected chi connectivity index (χ3v) is 4.28. The molecule has 3 heteroatoms. The fourth-order valence-corrected chi connectivity index (χ4v) is 3.02. The summed E-state index contributed by atoms with van der Waals surface area (Å²) in [6.07, 6.45) is 2.37. The molecule has 18 heavy (non-hydrogen) atoms. The van der Waals surface area contributed by atoms with Crippen molar-refractivity contribution in [1.82, 2.24) is 4.98 Å². The van der Waals surface area contributed by atoms with Gasteiger partial charge in [-0.25, -0.2) is 0 Å². The summed E-state index contributed by atoms with van der Waals surface area (Å²) in [5, 5.41) is 10.5. The Morgan fingerprint density at radius 2 is 2.06 bits per heavy atom. The zero-order valence-corrected chi connectivity index (χ0v) is 11.6. The van der Waals surface area contributed by atoms with Crippen LogP contribution in [0.25, 0.3) is 0 Å². The van der Waals surface area contributed by atoms with E-state index in [2.05, 4.69) is 25.8 Å². The molecule has 5 atom stereocenters. The van der Waals surface area contributed by atoms with Crippen LogP contribution < -0.4 is 0 Å². The van der Waals surface area contributed by atoms with E-state index >= 15 is 0 Å². The normalized spacial score (nSPS) is 33.6. The maximum atomic E-state index is 10.5. The minimum Gasteiger partial charge on any atom is -0.392 e. The fraction of sp³-hybridized carbons (Fsp3) is 0.667. The Bertz CT molecular complexity index is 407. The second kappa shape index (κ2) is 5.37. The third-order valence-electron chi connectivity index (χ3n) is 4.28. The molecule has 0 spiro atoms. The van der Waals surface area contributed by atoms with Crippen LogP contribution in [0, 0.1) is 18.8 Å². The first-order chi connectivity index (χ1) is 8.50. The molecule has 0 radical (unpaired) electrons. The molecule has 1 saturated heterocycles. The van der Waals surface area contributed by atoms with Gasteiger partial charge >= 0.3 is 0 Å². The number of hydrogen-bond donors (Lipinski definition) is 1. The van der Waals surface area contributed by atoms with E-state index in [1.54, 1.807) is 6.20 Å². The van der Waals surface area contributed by atoms with Crippen LogP contribution in [0.4, 0.5) is 0 Å². The van der Waals surface area contributed by atoms with E-state index < -0.39 is 0 Å². The minimum absolute atomic E-state index is 0.119. The molecular weight excluding hydrogens is 226 g/mol. The summed E-state index contributed by atoms with van der Waals surface area (Å²) in [4.78, 5) is 4.36. The number of aliphatic hydroxyl groups excluding tert-OH is 1. The van der Waals surface area contributed by atoms with Gasteiger partial charge in [0.2, 0.25) is 0 Å². The molecule has 1 aliphatic rings. The number of aryl methyl sites for hydroxylation is 1. The molecule has 1 fully saturated rings. The molecule has 5 unspecified atom stereocenters. The largest absolute Gasteiger partial charge is 0.392 e. The highest BCUT2D eigenvalue weighted by Gasteiger charge is 2.41. The maximum Gasteiger partial charge on any atom is 0.0652 e. The van der Waals surface area contributed by atoms with Gasteiger partial charge in [-0.15, -0.1) is 0 Å². The van der Waals surface area contributed by atoms with Crippen LogP contribution in [0.3, 0.4) is 0 Å². The van der Waals surface area contributed by atoms with E-state index in [1.165, 1.54) is 0 Å². The van der Waals surface area contributed by atoms with Crippen molar-refractivity contribution in [1.29, 1.82) is 0 Å². The Balaban J connectivity index is 2.08. The van der Waals surface area contributed by atoms with Gasteiger partial charge in [0.25, 0.3) is 0 Å².